The molecule has 2 heterocycles. The minimum Gasteiger partial charge on any atom is -0.467 e. The Labute approximate surface area is 125 Å². The second-order valence-electron chi connectivity index (χ2n) is 4.45. The lowest BCUT2D eigenvalue weighted by molar-refractivity contribution is 0.518. The molecular weight excluding hydrogens is 290 g/mol. The van der Waals surface area contributed by atoms with Crippen LogP contribution in [0.15, 0.2) is 53.3 Å². The van der Waals surface area contributed by atoms with Crippen molar-refractivity contribution in [1.82, 2.24) is 9.97 Å². The molecule has 3 aromatic rings. The minimum atomic E-state index is -0.711. The van der Waals surface area contributed by atoms with Gasteiger partial charge in [-0.2, -0.15) is 4.98 Å². The predicted octanol–water partition coefficient (Wildman–Crippen LogP) is 3.70. The van der Waals surface area contributed by atoms with Crippen molar-refractivity contribution in [2.24, 2.45) is 0 Å². The second-order valence-corrected chi connectivity index (χ2v) is 4.45. The van der Waals surface area contributed by atoms with E-state index in [4.69, 9.17) is 4.42 Å². The van der Waals surface area contributed by atoms with Gasteiger partial charge in [-0.1, -0.05) is 0 Å². The fourth-order valence-electron chi connectivity index (χ4n) is 1.82. The molecule has 0 aliphatic carbocycles. The monoisotopic (exact) mass is 302 g/mol. The molecule has 0 unspecified atom stereocenters. The van der Waals surface area contributed by atoms with Gasteiger partial charge in [-0.3, -0.25) is 0 Å². The summed E-state index contributed by atoms with van der Waals surface area (Å²) >= 11 is 0. The highest BCUT2D eigenvalue weighted by atomic mass is 19.1. The summed E-state index contributed by atoms with van der Waals surface area (Å²) in [5.74, 6) is 0.166. The summed E-state index contributed by atoms with van der Waals surface area (Å²) in [5.41, 5.74) is 0.101. The standard InChI is InChI=1S/C15H12F2N4O/c16-10-3-4-13(12(17)8-10)20-15-18-6-5-14(21-15)19-9-11-2-1-7-22-11/h1-8H,9H2,(H2,18,19,20,21). The molecule has 0 bridgehead atoms. The van der Waals surface area contributed by atoms with E-state index in [1.807, 2.05) is 6.07 Å². The van der Waals surface area contributed by atoms with Crippen LogP contribution < -0.4 is 10.6 Å². The fourth-order valence-corrected chi connectivity index (χ4v) is 1.82. The summed E-state index contributed by atoms with van der Waals surface area (Å²) in [4.78, 5) is 8.19. The summed E-state index contributed by atoms with van der Waals surface area (Å²) in [6, 6.07) is 8.54. The van der Waals surface area contributed by atoms with Gasteiger partial charge >= 0.3 is 0 Å². The van der Waals surface area contributed by atoms with Gasteiger partial charge in [-0.15, -0.1) is 0 Å². The number of benzene rings is 1. The number of halogens is 2. The normalized spacial score (nSPS) is 10.5. The zero-order valence-electron chi connectivity index (χ0n) is 11.4. The molecule has 0 amide bonds. The molecule has 0 aliphatic heterocycles. The predicted molar refractivity (Wildman–Crippen MR) is 77.7 cm³/mol. The van der Waals surface area contributed by atoms with Gasteiger partial charge in [0.15, 0.2) is 0 Å². The van der Waals surface area contributed by atoms with E-state index >= 15 is 0 Å². The van der Waals surface area contributed by atoms with Gasteiger partial charge in [0, 0.05) is 12.3 Å². The number of anilines is 3. The molecule has 22 heavy (non-hydrogen) atoms. The number of furan rings is 1. The molecule has 5 nitrogen and oxygen atoms in total. The molecule has 0 radical (unpaired) electrons. The summed E-state index contributed by atoms with van der Waals surface area (Å²) < 4.78 is 31.7. The van der Waals surface area contributed by atoms with Crippen molar-refractivity contribution in [3.63, 3.8) is 0 Å². The topological polar surface area (TPSA) is 63.0 Å². The molecule has 1 aromatic carbocycles. The average Bonchev–Trinajstić information content (AvgIpc) is 3.02. The lowest BCUT2D eigenvalue weighted by atomic mass is 10.3. The van der Waals surface area contributed by atoms with Crippen LogP contribution in [-0.4, -0.2) is 9.97 Å². The van der Waals surface area contributed by atoms with E-state index in [1.54, 1.807) is 18.4 Å². The molecule has 0 fully saturated rings. The first kappa shape index (κ1) is 14.0. The summed E-state index contributed by atoms with van der Waals surface area (Å²) in [5, 5.41) is 5.76. The number of nitrogens with one attached hydrogen (secondary N) is 2. The SMILES string of the molecule is Fc1ccc(Nc2nccc(NCc3ccco3)n2)c(F)c1. The highest BCUT2D eigenvalue weighted by Crippen LogP contribution is 2.19. The van der Waals surface area contributed by atoms with Crippen molar-refractivity contribution < 1.29 is 13.2 Å². The Morgan fingerprint density at radius 3 is 2.82 bits per heavy atom. The van der Waals surface area contributed by atoms with E-state index in [9.17, 15) is 8.78 Å². The molecule has 2 N–H and O–H groups in total. The lowest BCUT2D eigenvalue weighted by Crippen LogP contribution is -2.04. The van der Waals surface area contributed by atoms with Crippen molar-refractivity contribution in [1.29, 1.82) is 0 Å². The number of hydrogen-bond acceptors (Lipinski definition) is 5. The van der Waals surface area contributed by atoms with Crippen LogP contribution in [0.5, 0.6) is 0 Å². The first-order valence-electron chi connectivity index (χ1n) is 6.52. The quantitative estimate of drug-likeness (QED) is 0.752. The lowest BCUT2D eigenvalue weighted by Gasteiger charge is -2.08. The van der Waals surface area contributed by atoms with Gasteiger partial charge in [0.05, 0.1) is 18.5 Å². The smallest absolute Gasteiger partial charge is 0.229 e. The van der Waals surface area contributed by atoms with E-state index in [2.05, 4.69) is 20.6 Å². The molecule has 7 heteroatoms. The molecule has 0 aliphatic rings. The Bertz CT molecular complexity index is 762. The third-order valence-corrected chi connectivity index (χ3v) is 2.86. The maximum absolute atomic E-state index is 13.6. The third-order valence-electron chi connectivity index (χ3n) is 2.86. The molecule has 0 saturated carbocycles. The van der Waals surface area contributed by atoms with Gasteiger partial charge in [0.2, 0.25) is 5.95 Å². The number of nitrogens with zero attached hydrogens (tertiary/aromatic N) is 2. The van der Waals surface area contributed by atoms with E-state index in [0.717, 1.165) is 17.9 Å². The largest absolute Gasteiger partial charge is 0.467 e. The fraction of sp³-hybridized carbons (Fsp3) is 0.0667. The third kappa shape index (κ3) is 3.38. The van der Waals surface area contributed by atoms with Crippen molar-refractivity contribution in [3.8, 4) is 0 Å². The van der Waals surface area contributed by atoms with Gasteiger partial charge in [0.25, 0.3) is 0 Å². The molecular formula is C15H12F2N4O. The van der Waals surface area contributed by atoms with Crippen molar-refractivity contribution in [3.05, 3.63) is 66.3 Å². The first-order valence-corrected chi connectivity index (χ1v) is 6.52. The van der Waals surface area contributed by atoms with Crippen LogP contribution in [0.25, 0.3) is 0 Å². The van der Waals surface area contributed by atoms with E-state index in [1.165, 1.54) is 12.3 Å². The van der Waals surface area contributed by atoms with Crippen LogP contribution in [-0.2, 0) is 6.54 Å². The Morgan fingerprint density at radius 2 is 2.05 bits per heavy atom. The molecule has 0 spiro atoms. The molecule has 2 aromatic heterocycles. The maximum atomic E-state index is 13.6. The Kier molecular flexibility index (Phi) is 3.95. The highest BCUT2D eigenvalue weighted by molar-refractivity contribution is 5.55. The Balaban J connectivity index is 1.70. The first-order chi connectivity index (χ1) is 10.7. The summed E-state index contributed by atoms with van der Waals surface area (Å²) in [6.45, 7) is 0.467. The summed E-state index contributed by atoms with van der Waals surface area (Å²) in [6.07, 6.45) is 3.11. The van der Waals surface area contributed by atoms with Gasteiger partial charge < -0.3 is 15.1 Å². The number of aromatic nitrogens is 2. The zero-order chi connectivity index (χ0) is 15.4. The number of rotatable bonds is 5. The van der Waals surface area contributed by atoms with E-state index in [-0.39, 0.29) is 11.6 Å². The zero-order valence-corrected chi connectivity index (χ0v) is 11.4. The highest BCUT2D eigenvalue weighted by Gasteiger charge is 2.06. The van der Waals surface area contributed by atoms with Gasteiger partial charge in [0.1, 0.15) is 23.2 Å². The van der Waals surface area contributed by atoms with Crippen LogP contribution in [0.3, 0.4) is 0 Å². The van der Waals surface area contributed by atoms with Crippen LogP contribution in [0.2, 0.25) is 0 Å². The van der Waals surface area contributed by atoms with Crippen molar-refractivity contribution in [2.45, 2.75) is 6.54 Å². The second kappa shape index (κ2) is 6.21. The average molecular weight is 302 g/mol. The molecule has 0 atom stereocenters. The summed E-state index contributed by atoms with van der Waals surface area (Å²) in [7, 11) is 0. The van der Waals surface area contributed by atoms with E-state index in [0.29, 0.717) is 12.4 Å². The van der Waals surface area contributed by atoms with Gasteiger partial charge in [-0.05, 0) is 30.3 Å². The molecule has 3 rings (SSSR count). The number of hydrogen-bond donors (Lipinski definition) is 2. The van der Waals surface area contributed by atoms with Crippen molar-refractivity contribution in [2.75, 3.05) is 10.6 Å². The maximum Gasteiger partial charge on any atom is 0.229 e. The molecule has 112 valence electrons. The van der Waals surface area contributed by atoms with Crippen LogP contribution >= 0.6 is 0 Å². The minimum absolute atomic E-state index is 0.101. The van der Waals surface area contributed by atoms with Crippen LogP contribution in [0.1, 0.15) is 5.76 Å². The Hall–Kier alpha value is -2.96. The van der Waals surface area contributed by atoms with Crippen LogP contribution in [0, 0.1) is 11.6 Å². The van der Waals surface area contributed by atoms with Gasteiger partial charge in [-0.25, -0.2) is 13.8 Å². The van der Waals surface area contributed by atoms with Crippen LogP contribution in [0.4, 0.5) is 26.2 Å². The van der Waals surface area contributed by atoms with Crippen molar-refractivity contribution >= 4 is 17.5 Å². The molecule has 0 saturated heterocycles. The Morgan fingerprint density at radius 1 is 1.14 bits per heavy atom. The van der Waals surface area contributed by atoms with E-state index < -0.39 is 11.6 Å².